The van der Waals surface area contributed by atoms with E-state index < -0.39 is 17.9 Å². The maximum atomic E-state index is 12.7. The smallest absolute Gasteiger partial charge is 0.326 e. The van der Waals surface area contributed by atoms with E-state index in [-0.39, 0.29) is 25.3 Å². The fourth-order valence-corrected chi connectivity index (χ4v) is 4.90. The third-order valence-electron chi connectivity index (χ3n) is 5.27. The molecule has 2 amide bonds. The molecule has 1 aliphatic heterocycles. The van der Waals surface area contributed by atoms with Crippen molar-refractivity contribution in [2.45, 2.75) is 18.9 Å². The number of benzene rings is 2. The number of hydrogen-bond acceptors (Lipinski definition) is 5. The maximum absolute atomic E-state index is 12.7. The van der Waals surface area contributed by atoms with E-state index in [1.54, 1.807) is 12.3 Å². The number of thioether (sulfide) groups is 1. The summed E-state index contributed by atoms with van der Waals surface area (Å²) < 4.78 is 0.378. The molecule has 0 unspecified atom stereocenters. The highest BCUT2D eigenvalue weighted by Gasteiger charge is 2.32. The Bertz CT molecular complexity index is 1250. The Kier molecular flexibility index (Phi) is 6.90. The number of aromatic nitrogens is 1. The predicted octanol–water partition coefficient (Wildman–Crippen LogP) is 3.57. The van der Waals surface area contributed by atoms with Crippen molar-refractivity contribution >= 4 is 63.1 Å². The molecule has 0 aliphatic carbocycles. The molecule has 0 saturated carbocycles. The van der Waals surface area contributed by atoms with Gasteiger partial charge in [0.15, 0.2) is 0 Å². The summed E-state index contributed by atoms with van der Waals surface area (Å²) in [6, 6.07) is 15.9. The van der Waals surface area contributed by atoms with E-state index in [4.69, 9.17) is 12.2 Å². The van der Waals surface area contributed by atoms with Crippen molar-refractivity contribution in [3.8, 4) is 0 Å². The molecule has 0 spiro atoms. The number of nitrogens with one attached hydrogen (secondary N) is 2. The van der Waals surface area contributed by atoms with Crippen molar-refractivity contribution in [2.24, 2.45) is 0 Å². The number of rotatable bonds is 8. The van der Waals surface area contributed by atoms with Crippen LogP contribution in [0.5, 0.6) is 0 Å². The van der Waals surface area contributed by atoms with Gasteiger partial charge in [0.05, 0.1) is 4.91 Å². The molecular formula is C24H21N3O4S2. The first kappa shape index (κ1) is 22.8. The van der Waals surface area contributed by atoms with E-state index in [0.29, 0.717) is 9.23 Å². The molecule has 1 saturated heterocycles. The molecule has 3 N–H and O–H groups in total. The quantitative estimate of drug-likeness (QED) is 0.337. The Hall–Kier alpha value is -3.43. The first-order chi connectivity index (χ1) is 15.9. The number of carbonyl (C=O) groups excluding carboxylic acids is 2. The second-order valence-corrected chi connectivity index (χ2v) is 9.19. The Labute approximate surface area is 199 Å². The summed E-state index contributed by atoms with van der Waals surface area (Å²) in [4.78, 5) is 42.0. The van der Waals surface area contributed by atoms with E-state index in [1.807, 2.05) is 54.6 Å². The van der Waals surface area contributed by atoms with Crippen LogP contribution in [0.25, 0.3) is 17.0 Å². The van der Waals surface area contributed by atoms with Crippen LogP contribution in [0.4, 0.5) is 0 Å². The average molecular weight is 480 g/mol. The molecule has 1 aliphatic rings. The summed E-state index contributed by atoms with van der Waals surface area (Å²) in [5.41, 5.74) is 2.60. The number of thiocarbonyl (C=S) groups is 1. The average Bonchev–Trinajstić information content (AvgIpc) is 3.33. The lowest BCUT2D eigenvalue weighted by molar-refractivity contribution is -0.141. The highest BCUT2D eigenvalue weighted by Crippen LogP contribution is 2.32. The van der Waals surface area contributed by atoms with E-state index >= 15 is 0 Å². The standard InChI is InChI=1S/C24H21N3O4S2/c28-21(26-19(23(30)31)13-16-14-25-18-9-5-4-8-17(16)18)10-11-27-22(29)20(33-24(27)32)12-15-6-2-1-3-7-15/h1-9,12,14,19,25H,10-11,13H2,(H,26,28)(H,30,31)/b20-12-/t19-/m1/s1. The van der Waals surface area contributed by atoms with Crippen LogP contribution in [-0.2, 0) is 20.8 Å². The number of aliphatic carboxylic acids is 1. The molecule has 1 aromatic heterocycles. The van der Waals surface area contributed by atoms with Gasteiger partial charge in [0, 0.05) is 36.5 Å². The van der Waals surface area contributed by atoms with E-state index in [2.05, 4.69) is 10.3 Å². The SMILES string of the molecule is O=C(CCN1C(=O)/C(=C/c2ccccc2)SC1=S)N[C@H](Cc1c[nH]c2ccccc12)C(=O)O. The first-order valence-electron chi connectivity index (χ1n) is 10.3. The van der Waals surface area contributed by atoms with Crippen LogP contribution < -0.4 is 5.32 Å². The molecule has 33 heavy (non-hydrogen) atoms. The van der Waals surface area contributed by atoms with Crippen LogP contribution in [0.2, 0.25) is 0 Å². The second-order valence-electron chi connectivity index (χ2n) is 7.52. The van der Waals surface area contributed by atoms with Gasteiger partial charge in [0.25, 0.3) is 5.91 Å². The number of fused-ring (bicyclic) bond motifs is 1. The lowest BCUT2D eigenvalue weighted by Crippen LogP contribution is -2.43. The summed E-state index contributed by atoms with van der Waals surface area (Å²) in [6.07, 6.45) is 3.61. The Balaban J connectivity index is 1.36. The summed E-state index contributed by atoms with van der Waals surface area (Å²) in [7, 11) is 0. The van der Waals surface area contributed by atoms with Gasteiger partial charge in [-0.15, -0.1) is 0 Å². The molecule has 2 heterocycles. The van der Waals surface area contributed by atoms with Crippen LogP contribution in [0.1, 0.15) is 17.5 Å². The normalized spacial score (nSPS) is 15.9. The minimum Gasteiger partial charge on any atom is -0.480 e. The highest BCUT2D eigenvalue weighted by atomic mass is 32.2. The van der Waals surface area contributed by atoms with Crippen molar-refractivity contribution < 1.29 is 19.5 Å². The zero-order valence-corrected chi connectivity index (χ0v) is 19.1. The lowest BCUT2D eigenvalue weighted by atomic mass is 10.0. The molecule has 2 aromatic carbocycles. The molecule has 0 bridgehead atoms. The number of nitrogens with zero attached hydrogens (tertiary/aromatic N) is 1. The number of para-hydroxylation sites is 1. The summed E-state index contributed by atoms with van der Waals surface area (Å²) >= 11 is 6.50. The largest absolute Gasteiger partial charge is 0.480 e. The van der Waals surface area contributed by atoms with Crippen LogP contribution in [-0.4, -0.2) is 49.7 Å². The van der Waals surface area contributed by atoms with E-state index in [0.717, 1.165) is 22.0 Å². The lowest BCUT2D eigenvalue weighted by Gasteiger charge is -2.17. The fourth-order valence-electron chi connectivity index (χ4n) is 3.59. The molecule has 7 nitrogen and oxygen atoms in total. The minimum atomic E-state index is -1.12. The zero-order valence-electron chi connectivity index (χ0n) is 17.5. The van der Waals surface area contributed by atoms with Crippen molar-refractivity contribution in [1.29, 1.82) is 0 Å². The van der Waals surface area contributed by atoms with Gasteiger partial charge in [-0.3, -0.25) is 14.5 Å². The van der Waals surface area contributed by atoms with Crippen molar-refractivity contribution in [3.05, 3.63) is 76.8 Å². The number of carboxylic acids is 1. The zero-order chi connectivity index (χ0) is 23.4. The summed E-state index contributed by atoms with van der Waals surface area (Å²) in [6.45, 7) is 0.0854. The van der Waals surface area contributed by atoms with Gasteiger partial charge >= 0.3 is 5.97 Å². The monoisotopic (exact) mass is 479 g/mol. The van der Waals surface area contributed by atoms with Gasteiger partial charge in [-0.25, -0.2) is 4.79 Å². The van der Waals surface area contributed by atoms with Crippen LogP contribution in [0.3, 0.4) is 0 Å². The Morgan fingerprint density at radius 3 is 2.64 bits per heavy atom. The predicted molar refractivity (Wildman–Crippen MR) is 133 cm³/mol. The third kappa shape index (κ3) is 5.32. The summed E-state index contributed by atoms with van der Waals surface area (Å²) in [5, 5.41) is 13.1. The van der Waals surface area contributed by atoms with Crippen molar-refractivity contribution in [3.63, 3.8) is 0 Å². The minimum absolute atomic E-state index is 0.0529. The molecular weight excluding hydrogens is 458 g/mol. The second kappa shape index (κ2) is 10.0. The molecule has 0 radical (unpaired) electrons. The maximum Gasteiger partial charge on any atom is 0.326 e. The summed E-state index contributed by atoms with van der Waals surface area (Å²) in [5.74, 6) is -1.83. The van der Waals surface area contributed by atoms with Crippen LogP contribution in [0, 0.1) is 0 Å². The van der Waals surface area contributed by atoms with Gasteiger partial charge in [-0.05, 0) is 23.3 Å². The van der Waals surface area contributed by atoms with Gasteiger partial charge < -0.3 is 15.4 Å². The van der Waals surface area contributed by atoms with Crippen molar-refractivity contribution in [1.82, 2.24) is 15.2 Å². The number of amides is 2. The highest BCUT2D eigenvalue weighted by molar-refractivity contribution is 8.26. The van der Waals surface area contributed by atoms with E-state index in [1.165, 1.54) is 16.7 Å². The molecule has 3 aromatic rings. The van der Waals surface area contributed by atoms with Gasteiger partial charge in [-0.1, -0.05) is 72.5 Å². The number of hydrogen-bond donors (Lipinski definition) is 3. The molecule has 4 rings (SSSR count). The first-order valence-corrected chi connectivity index (χ1v) is 11.5. The fraction of sp³-hybridized carbons (Fsp3) is 0.167. The van der Waals surface area contributed by atoms with Crippen LogP contribution >= 0.6 is 24.0 Å². The molecule has 9 heteroatoms. The molecule has 1 fully saturated rings. The molecule has 1 atom stereocenters. The third-order valence-corrected chi connectivity index (χ3v) is 6.64. The number of H-pyrrole nitrogens is 1. The van der Waals surface area contributed by atoms with Crippen molar-refractivity contribution in [2.75, 3.05) is 6.54 Å². The topological polar surface area (TPSA) is 103 Å². The Morgan fingerprint density at radius 2 is 1.88 bits per heavy atom. The van der Waals surface area contributed by atoms with Gasteiger partial charge in [0.2, 0.25) is 5.91 Å². The van der Waals surface area contributed by atoms with Crippen LogP contribution in [0.15, 0.2) is 65.7 Å². The number of carboxylic acid groups (broad SMARTS) is 1. The van der Waals surface area contributed by atoms with E-state index in [9.17, 15) is 19.5 Å². The van der Waals surface area contributed by atoms with Gasteiger partial charge in [-0.2, -0.15) is 0 Å². The Morgan fingerprint density at radius 1 is 1.15 bits per heavy atom. The number of carbonyl (C=O) groups is 3. The van der Waals surface area contributed by atoms with Gasteiger partial charge in [0.1, 0.15) is 10.4 Å². The number of aromatic amines is 1. The molecule has 168 valence electrons.